The lowest BCUT2D eigenvalue weighted by atomic mass is 9.69. The van der Waals surface area contributed by atoms with E-state index in [2.05, 4.69) is 5.32 Å². The van der Waals surface area contributed by atoms with Gasteiger partial charge in [0.25, 0.3) is 0 Å². The molecule has 0 radical (unpaired) electrons. The average Bonchev–Trinajstić information content (AvgIpc) is 2.65. The molecule has 0 aliphatic heterocycles. The number of nitrogens with one attached hydrogen (secondary N) is 1. The van der Waals surface area contributed by atoms with E-state index in [1.54, 1.807) is 13.1 Å². The van der Waals surface area contributed by atoms with Gasteiger partial charge in [-0.1, -0.05) is 6.42 Å². The van der Waals surface area contributed by atoms with E-state index in [1.165, 1.54) is 11.0 Å². The highest BCUT2D eigenvalue weighted by molar-refractivity contribution is 5.77. The first-order valence-electron chi connectivity index (χ1n) is 6.58. The summed E-state index contributed by atoms with van der Waals surface area (Å²) in [5, 5.41) is 12.8. The summed E-state index contributed by atoms with van der Waals surface area (Å²) in [6.07, 6.45) is 3.34. The Balaban J connectivity index is 1.81. The van der Waals surface area contributed by atoms with Crippen molar-refractivity contribution in [3.8, 4) is 0 Å². The highest BCUT2D eigenvalue weighted by Crippen LogP contribution is 2.40. The zero-order valence-electron chi connectivity index (χ0n) is 11.0. The quantitative estimate of drug-likeness (QED) is 0.880. The topological polar surface area (TPSA) is 67.4 Å². The zero-order chi connectivity index (χ0) is 13.5. The van der Waals surface area contributed by atoms with Crippen molar-refractivity contribution in [2.24, 2.45) is 12.5 Å². The van der Waals surface area contributed by atoms with Gasteiger partial charge in [0.2, 0.25) is 0 Å². The molecule has 5 nitrogen and oxygen atoms in total. The van der Waals surface area contributed by atoms with Crippen LogP contribution in [0.1, 0.15) is 19.3 Å². The van der Waals surface area contributed by atoms with Gasteiger partial charge in [-0.15, -0.1) is 0 Å². The summed E-state index contributed by atoms with van der Waals surface area (Å²) < 4.78 is 6.58. The minimum absolute atomic E-state index is 0.0389. The van der Waals surface area contributed by atoms with Gasteiger partial charge in [0.15, 0.2) is 5.58 Å². The zero-order valence-corrected chi connectivity index (χ0v) is 11.0. The van der Waals surface area contributed by atoms with Crippen LogP contribution in [0, 0.1) is 5.41 Å². The normalized spacial score (nSPS) is 17.4. The van der Waals surface area contributed by atoms with E-state index in [0.717, 1.165) is 30.6 Å². The van der Waals surface area contributed by atoms with E-state index in [9.17, 15) is 9.90 Å². The van der Waals surface area contributed by atoms with Crippen molar-refractivity contribution in [1.29, 1.82) is 0 Å². The van der Waals surface area contributed by atoms with Crippen LogP contribution in [0.2, 0.25) is 0 Å². The predicted octanol–water partition coefficient (Wildman–Crippen LogP) is 1.71. The Morgan fingerprint density at radius 1 is 1.47 bits per heavy atom. The van der Waals surface area contributed by atoms with Crippen LogP contribution < -0.4 is 11.1 Å². The lowest BCUT2D eigenvalue weighted by Crippen LogP contribution is -2.39. The maximum absolute atomic E-state index is 11.4. The highest BCUT2D eigenvalue weighted by Gasteiger charge is 2.35. The van der Waals surface area contributed by atoms with E-state index >= 15 is 0 Å². The molecule has 0 saturated heterocycles. The lowest BCUT2D eigenvalue weighted by Gasteiger charge is -2.40. The fourth-order valence-electron chi connectivity index (χ4n) is 2.59. The van der Waals surface area contributed by atoms with Crippen LogP contribution in [0.5, 0.6) is 0 Å². The van der Waals surface area contributed by atoms with Crippen LogP contribution in [0.4, 0.5) is 5.69 Å². The molecule has 2 N–H and O–H groups in total. The number of aliphatic hydroxyl groups is 1. The van der Waals surface area contributed by atoms with E-state index in [1.807, 2.05) is 12.1 Å². The Kier molecular flexibility index (Phi) is 2.86. The van der Waals surface area contributed by atoms with Gasteiger partial charge in [0.05, 0.1) is 12.1 Å². The Bertz CT molecular complexity index is 647. The monoisotopic (exact) mass is 262 g/mol. The summed E-state index contributed by atoms with van der Waals surface area (Å²) in [4.78, 5) is 11.4. The van der Waals surface area contributed by atoms with Gasteiger partial charge in [-0.2, -0.15) is 0 Å². The number of benzene rings is 1. The molecule has 1 aliphatic carbocycles. The Morgan fingerprint density at radius 3 is 2.89 bits per heavy atom. The minimum atomic E-state index is -0.349. The largest absolute Gasteiger partial charge is 0.419 e. The molecule has 19 heavy (non-hydrogen) atoms. The molecule has 102 valence electrons. The van der Waals surface area contributed by atoms with Crippen molar-refractivity contribution in [2.45, 2.75) is 19.3 Å². The minimum Gasteiger partial charge on any atom is -0.408 e. The molecule has 0 bridgehead atoms. The van der Waals surface area contributed by atoms with Crippen LogP contribution in [0.15, 0.2) is 27.4 Å². The first-order valence-corrected chi connectivity index (χ1v) is 6.58. The summed E-state index contributed by atoms with van der Waals surface area (Å²) in [5.41, 5.74) is 2.36. The summed E-state index contributed by atoms with van der Waals surface area (Å²) in [7, 11) is 1.69. The van der Waals surface area contributed by atoms with E-state index in [-0.39, 0.29) is 17.8 Å². The number of aromatic nitrogens is 1. The van der Waals surface area contributed by atoms with Crippen molar-refractivity contribution in [3.63, 3.8) is 0 Å². The van der Waals surface area contributed by atoms with Crippen molar-refractivity contribution >= 4 is 16.8 Å². The maximum Gasteiger partial charge on any atom is 0.419 e. The molecule has 0 spiro atoms. The number of rotatable bonds is 4. The fourth-order valence-corrected chi connectivity index (χ4v) is 2.59. The number of hydrogen-bond acceptors (Lipinski definition) is 4. The van der Waals surface area contributed by atoms with Crippen LogP contribution in [-0.4, -0.2) is 22.8 Å². The van der Waals surface area contributed by atoms with Crippen LogP contribution >= 0.6 is 0 Å². The standard InChI is InChI=1S/C14H18N2O3/c1-16-11-7-10(3-4-12(11)19-13(16)18)15-8-14(9-17)5-2-6-14/h3-4,7,15,17H,2,5-6,8-9H2,1H3. The molecule has 1 saturated carbocycles. The van der Waals surface area contributed by atoms with Crippen LogP contribution in [0.3, 0.4) is 0 Å². The van der Waals surface area contributed by atoms with Gasteiger partial charge in [0, 0.05) is 24.7 Å². The first kappa shape index (κ1) is 12.3. The number of oxazole rings is 1. The van der Waals surface area contributed by atoms with Gasteiger partial charge >= 0.3 is 5.76 Å². The molecule has 1 heterocycles. The molecule has 1 fully saturated rings. The van der Waals surface area contributed by atoms with E-state index in [4.69, 9.17) is 4.42 Å². The average molecular weight is 262 g/mol. The summed E-state index contributed by atoms with van der Waals surface area (Å²) in [5.74, 6) is -0.349. The molecule has 0 unspecified atom stereocenters. The molecular weight excluding hydrogens is 244 g/mol. The summed E-state index contributed by atoms with van der Waals surface area (Å²) >= 11 is 0. The summed E-state index contributed by atoms with van der Waals surface area (Å²) in [6, 6.07) is 5.60. The third-order valence-electron chi connectivity index (χ3n) is 4.21. The Morgan fingerprint density at radius 2 is 2.26 bits per heavy atom. The predicted molar refractivity (Wildman–Crippen MR) is 73.3 cm³/mol. The van der Waals surface area contributed by atoms with Gasteiger partial charge in [-0.05, 0) is 31.0 Å². The summed E-state index contributed by atoms with van der Waals surface area (Å²) in [6.45, 7) is 0.993. The number of fused-ring (bicyclic) bond motifs is 1. The molecule has 1 aromatic carbocycles. The number of aryl methyl sites for hydroxylation is 1. The second kappa shape index (κ2) is 4.42. The second-order valence-electron chi connectivity index (χ2n) is 5.47. The lowest BCUT2D eigenvalue weighted by molar-refractivity contribution is 0.0576. The highest BCUT2D eigenvalue weighted by atomic mass is 16.4. The second-order valence-corrected chi connectivity index (χ2v) is 5.47. The fraction of sp³-hybridized carbons (Fsp3) is 0.500. The third kappa shape index (κ3) is 2.04. The molecule has 1 aliphatic rings. The van der Waals surface area contributed by atoms with Gasteiger partial charge in [-0.3, -0.25) is 4.57 Å². The molecule has 0 atom stereocenters. The van der Waals surface area contributed by atoms with E-state index < -0.39 is 0 Å². The van der Waals surface area contributed by atoms with Gasteiger partial charge < -0.3 is 14.8 Å². The number of anilines is 1. The molecule has 2 aromatic rings. The van der Waals surface area contributed by atoms with E-state index in [0.29, 0.717) is 5.58 Å². The van der Waals surface area contributed by atoms with Gasteiger partial charge in [-0.25, -0.2) is 4.79 Å². The molecular formula is C14H18N2O3. The Labute approximate surface area is 110 Å². The number of aliphatic hydroxyl groups excluding tert-OH is 1. The third-order valence-corrected chi connectivity index (χ3v) is 4.21. The smallest absolute Gasteiger partial charge is 0.408 e. The van der Waals surface area contributed by atoms with Crippen LogP contribution in [0.25, 0.3) is 11.1 Å². The van der Waals surface area contributed by atoms with Gasteiger partial charge in [0.1, 0.15) is 0 Å². The van der Waals surface area contributed by atoms with Crippen molar-refractivity contribution in [1.82, 2.24) is 4.57 Å². The Hall–Kier alpha value is -1.75. The maximum atomic E-state index is 11.4. The van der Waals surface area contributed by atoms with Crippen molar-refractivity contribution in [2.75, 3.05) is 18.5 Å². The molecule has 3 rings (SSSR count). The number of nitrogens with zero attached hydrogens (tertiary/aromatic N) is 1. The molecule has 1 aromatic heterocycles. The number of hydrogen-bond donors (Lipinski definition) is 2. The van der Waals surface area contributed by atoms with Crippen molar-refractivity contribution in [3.05, 3.63) is 28.7 Å². The van der Waals surface area contributed by atoms with Crippen LogP contribution in [-0.2, 0) is 7.05 Å². The first-order chi connectivity index (χ1) is 9.13. The molecule has 0 amide bonds. The molecule has 5 heteroatoms. The SMILES string of the molecule is Cn1c(=O)oc2ccc(NCC3(CO)CCC3)cc21. The van der Waals surface area contributed by atoms with Crippen molar-refractivity contribution < 1.29 is 9.52 Å².